The minimum atomic E-state index is -0.00301. The van der Waals surface area contributed by atoms with Gasteiger partial charge in [0, 0.05) is 4.47 Å². The van der Waals surface area contributed by atoms with Gasteiger partial charge in [0.15, 0.2) is 0 Å². The van der Waals surface area contributed by atoms with E-state index in [0.717, 1.165) is 21.4 Å². The van der Waals surface area contributed by atoms with E-state index >= 15 is 0 Å². The molecule has 2 N–H and O–H groups in total. The van der Waals surface area contributed by atoms with Crippen molar-refractivity contribution in [2.24, 2.45) is 0 Å². The first-order valence-electron chi connectivity index (χ1n) is 6.13. The number of halogens is 1. The van der Waals surface area contributed by atoms with Crippen LogP contribution in [-0.4, -0.2) is 5.91 Å². The topological polar surface area (TPSA) is 41.1 Å². The Morgan fingerprint density at radius 3 is 2.42 bits per heavy atom. The minimum absolute atomic E-state index is 0.00301. The van der Waals surface area contributed by atoms with E-state index in [4.69, 9.17) is 0 Å². The van der Waals surface area contributed by atoms with Gasteiger partial charge in [-0.1, -0.05) is 40.2 Å². The van der Waals surface area contributed by atoms with Crippen molar-refractivity contribution in [2.45, 2.75) is 12.5 Å². The number of amides is 1. The Morgan fingerprint density at radius 1 is 1.00 bits per heavy atom. The van der Waals surface area contributed by atoms with Gasteiger partial charge in [-0.2, -0.15) is 0 Å². The number of para-hydroxylation sites is 2. The molecule has 0 saturated carbocycles. The van der Waals surface area contributed by atoms with Crippen molar-refractivity contribution in [3.8, 4) is 0 Å². The Balaban J connectivity index is 1.95. The molecule has 0 spiro atoms. The van der Waals surface area contributed by atoms with E-state index in [1.807, 2.05) is 48.5 Å². The molecule has 0 unspecified atom stereocenters. The van der Waals surface area contributed by atoms with Crippen molar-refractivity contribution < 1.29 is 4.79 Å². The highest BCUT2D eigenvalue weighted by molar-refractivity contribution is 9.10. The zero-order valence-electron chi connectivity index (χ0n) is 10.2. The maximum absolute atomic E-state index is 11.9. The number of anilines is 2. The van der Waals surface area contributed by atoms with Crippen LogP contribution in [0, 0.1) is 0 Å². The van der Waals surface area contributed by atoms with Crippen molar-refractivity contribution in [2.75, 3.05) is 10.6 Å². The first-order valence-corrected chi connectivity index (χ1v) is 6.92. The molecule has 1 atom stereocenters. The summed E-state index contributed by atoms with van der Waals surface area (Å²) in [4.78, 5) is 11.9. The third-order valence-corrected chi connectivity index (χ3v) is 3.72. The van der Waals surface area contributed by atoms with Crippen LogP contribution in [0.3, 0.4) is 0 Å². The Bertz CT molecular complexity index is 610. The average Bonchev–Trinajstić information content (AvgIpc) is 2.57. The van der Waals surface area contributed by atoms with Crippen molar-refractivity contribution >= 4 is 33.2 Å². The number of carbonyl (C=O) groups is 1. The molecule has 4 heteroatoms. The predicted octanol–water partition coefficient (Wildman–Crippen LogP) is 3.94. The fourth-order valence-corrected chi connectivity index (χ4v) is 2.50. The van der Waals surface area contributed by atoms with Gasteiger partial charge < -0.3 is 10.6 Å². The third-order valence-electron chi connectivity index (χ3n) is 3.19. The van der Waals surface area contributed by atoms with E-state index in [0.29, 0.717) is 6.42 Å². The lowest BCUT2D eigenvalue weighted by atomic mass is 10.0. The predicted molar refractivity (Wildman–Crippen MR) is 80.2 cm³/mol. The van der Waals surface area contributed by atoms with Crippen molar-refractivity contribution in [3.05, 3.63) is 58.6 Å². The molecule has 1 aliphatic heterocycles. The van der Waals surface area contributed by atoms with Crippen LogP contribution in [-0.2, 0) is 4.79 Å². The van der Waals surface area contributed by atoms with Crippen LogP contribution in [0.15, 0.2) is 53.0 Å². The fraction of sp³-hybridized carbons (Fsp3) is 0.133. The standard InChI is InChI=1S/C15H13BrN2O/c16-11-7-5-10(6-8-11)14-9-15(19)18-13-4-2-1-3-12(13)17-14/h1-8,14,17H,9H2,(H,18,19)/t14-/m1/s1. The highest BCUT2D eigenvalue weighted by Gasteiger charge is 2.21. The van der Waals surface area contributed by atoms with Crippen molar-refractivity contribution in [1.82, 2.24) is 0 Å². The summed E-state index contributed by atoms with van der Waals surface area (Å²) in [6.07, 6.45) is 0.427. The van der Waals surface area contributed by atoms with Crippen molar-refractivity contribution in [3.63, 3.8) is 0 Å². The number of carbonyl (C=O) groups excluding carboxylic acids is 1. The van der Waals surface area contributed by atoms with Crippen LogP contribution in [0.1, 0.15) is 18.0 Å². The minimum Gasteiger partial charge on any atom is -0.376 e. The van der Waals surface area contributed by atoms with E-state index < -0.39 is 0 Å². The van der Waals surface area contributed by atoms with Crippen LogP contribution in [0.2, 0.25) is 0 Å². The second-order valence-electron chi connectivity index (χ2n) is 4.55. The molecule has 0 radical (unpaired) electrons. The second kappa shape index (κ2) is 5.05. The normalized spacial score (nSPS) is 17.9. The Hall–Kier alpha value is -1.81. The summed E-state index contributed by atoms with van der Waals surface area (Å²) in [6, 6.07) is 15.8. The lowest BCUT2D eigenvalue weighted by Crippen LogP contribution is -2.15. The molecule has 0 aliphatic carbocycles. The third kappa shape index (κ3) is 2.63. The molecule has 0 fully saturated rings. The van der Waals surface area contributed by atoms with Crippen LogP contribution < -0.4 is 10.6 Å². The molecule has 3 rings (SSSR count). The number of rotatable bonds is 1. The maximum atomic E-state index is 11.9. The summed E-state index contributed by atoms with van der Waals surface area (Å²) in [5.41, 5.74) is 2.91. The number of nitrogens with one attached hydrogen (secondary N) is 2. The van der Waals surface area contributed by atoms with Gasteiger partial charge in [0.25, 0.3) is 0 Å². The average molecular weight is 317 g/mol. The SMILES string of the molecule is O=C1C[C@H](c2ccc(Br)cc2)Nc2ccccc2N1. The molecule has 3 nitrogen and oxygen atoms in total. The highest BCUT2D eigenvalue weighted by atomic mass is 79.9. The quantitative estimate of drug-likeness (QED) is 0.836. The van der Waals surface area contributed by atoms with Gasteiger partial charge in [0.2, 0.25) is 5.91 Å². The summed E-state index contributed by atoms with van der Waals surface area (Å²) >= 11 is 3.42. The smallest absolute Gasteiger partial charge is 0.226 e. The lowest BCUT2D eigenvalue weighted by molar-refractivity contribution is -0.116. The summed E-state index contributed by atoms with van der Waals surface area (Å²) in [6.45, 7) is 0. The summed E-state index contributed by atoms with van der Waals surface area (Å²) in [5.74, 6) is 0.0327. The van der Waals surface area contributed by atoms with Crippen LogP contribution in [0.25, 0.3) is 0 Å². The molecule has 2 aromatic rings. The molecule has 1 aliphatic rings. The molecule has 0 aromatic heterocycles. The molecular weight excluding hydrogens is 304 g/mol. The summed E-state index contributed by atoms with van der Waals surface area (Å²) in [5, 5.41) is 6.35. The van der Waals surface area contributed by atoms with Gasteiger partial charge in [-0.25, -0.2) is 0 Å². The second-order valence-corrected chi connectivity index (χ2v) is 5.46. The molecule has 1 amide bonds. The zero-order chi connectivity index (χ0) is 13.2. The molecule has 96 valence electrons. The van der Waals surface area contributed by atoms with Crippen LogP contribution in [0.4, 0.5) is 11.4 Å². The van der Waals surface area contributed by atoms with E-state index in [2.05, 4.69) is 26.6 Å². The Morgan fingerprint density at radius 2 is 1.68 bits per heavy atom. The van der Waals surface area contributed by atoms with E-state index in [1.165, 1.54) is 0 Å². The lowest BCUT2D eigenvalue weighted by Gasteiger charge is -2.17. The summed E-state index contributed by atoms with van der Waals surface area (Å²) < 4.78 is 1.04. The van der Waals surface area contributed by atoms with Gasteiger partial charge in [0.05, 0.1) is 23.8 Å². The largest absolute Gasteiger partial charge is 0.376 e. The Labute approximate surface area is 120 Å². The number of hydrogen-bond acceptors (Lipinski definition) is 2. The van der Waals surface area contributed by atoms with Crippen LogP contribution in [0.5, 0.6) is 0 Å². The van der Waals surface area contributed by atoms with E-state index in [-0.39, 0.29) is 11.9 Å². The Kier molecular flexibility index (Phi) is 3.25. The van der Waals surface area contributed by atoms with E-state index in [1.54, 1.807) is 0 Å². The number of hydrogen-bond donors (Lipinski definition) is 2. The van der Waals surface area contributed by atoms with Gasteiger partial charge in [-0.3, -0.25) is 4.79 Å². The molecule has 2 aromatic carbocycles. The van der Waals surface area contributed by atoms with Gasteiger partial charge in [-0.05, 0) is 29.8 Å². The highest BCUT2D eigenvalue weighted by Crippen LogP contribution is 2.31. The monoisotopic (exact) mass is 316 g/mol. The van der Waals surface area contributed by atoms with Gasteiger partial charge >= 0.3 is 0 Å². The molecule has 19 heavy (non-hydrogen) atoms. The maximum Gasteiger partial charge on any atom is 0.226 e. The molecule has 0 saturated heterocycles. The molecule has 1 heterocycles. The number of benzene rings is 2. The zero-order valence-corrected chi connectivity index (χ0v) is 11.8. The van der Waals surface area contributed by atoms with Crippen LogP contribution >= 0.6 is 15.9 Å². The van der Waals surface area contributed by atoms with E-state index in [9.17, 15) is 4.79 Å². The molecular formula is C15H13BrN2O. The summed E-state index contributed by atoms with van der Waals surface area (Å²) in [7, 11) is 0. The van der Waals surface area contributed by atoms with Crippen molar-refractivity contribution in [1.29, 1.82) is 0 Å². The van der Waals surface area contributed by atoms with Gasteiger partial charge in [-0.15, -0.1) is 0 Å². The molecule has 0 bridgehead atoms. The fourth-order valence-electron chi connectivity index (χ4n) is 2.24. The first kappa shape index (κ1) is 12.2. The van der Waals surface area contributed by atoms with Gasteiger partial charge in [0.1, 0.15) is 0 Å². The first-order chi connectivity index (χ1) is 9.22. The number of fused-ring (bicyclic) bond motifs is 1.